The lowest BCUT2D eigenvalue weighted by Crippen LogP contribution is -2.28. The van der Waals surface area contributed by atoms with E-state index < -0.39 is 29.4 Å². The Bertz CT molecular complexity index is 410. The molecule has 0 bridgehead atoms. The summed E-state index contributed by atoms with van der Waals surface area (Å²) in [6.45, 7) is 10.1. The SMILES string of the molecule is C=C(C)C(=O)OCC(CC)OC(=O)CC(C)(C)CC(=O)O. The van der Waals surface area contributed by atoms with Crippen LogP contribution in [0.2, 0.25) is 0 Å². The third-order valence-corrected chi connectivity index (χ3v) is 2.75. The van der Waals surface area contributed by atoms with Gasteiger partial charge in [0.25, 0.3) is 0 Å². The average Bonchev–Trinajstić information content (AvgIpc) is 2.30. The van der Waals surface area contributed by atoms with E-state index in [-0.39, 0.29) is 25.0 Å². The average molecular weight is 300 g/mol. The first-order valence-corrected chi connectivity index (χ1v) is 6.81. The summed E-state index contributed by atoms with van der Waals surface area (Å²) in [6.07, 6.45) is -0.177. The molecule has 0 aromatic rings. The number of aliphatic carboxylic acids is 1. The number of esters is 2. The molecule has 0 aliphatic heterocycles. The molecule has 1 atom stereocenters. The van der Waals surface area contributed by atoms with E-state index in [9.17, 15) is 14.4 Å². The number of hydrogen-bond acceptors (Lipinski definition) is 5. The van der Waals surface area contributed by atoms with Crippen molar-refractivity contribution in [2.75, 3.05) is 6.61 Å². The summed E-state index contributed by atoms with van der Waals surface area (Å²) in [6, 6.07) is 0. The number of carbonyl (C=O) groups is 3. The molecule has 0 heterocycles. The highest BCUT2D eigenvalue weighted by Gasteiger charge is 2.27. The van der Waals surface area contributed by atoms with Crippen LogP contribution >= 0.6 is 0 Å². The van der Waals surface area contributed by atoms with Crippen molar-refractivity contribution in [3.63, 3.8) is 0 Å². The van der Waals surface area contributed by atoms with Gasteiger partial charge in [0.15, 0.2) is 0 Å². The fourth-order valence-electron chi connectivity index (χ4n) is 1.62. The Morgan fingerprint density at radius 3 is 2.24 bits per heavy atom. The predicted octanol–water partition coefficient (Wildman–Crippen LogP) is 2.32. The molecule has 0 amide bonds. The third kappa shape index (κ3) is 8.83. The van der Waals surface area contributed by atoms with Gasteiger partial charge in [-0.2, -0.15) is 0 Å². The van der Waals surface area contributed by atoms with Gasteiger partial charge in [0.1, 0.15) is 12.7 Å². The van der Waals surface area contributed by atoms with Crippen molar-refractivity contribution in [3.05, 3.63) is 12.2 Å². The van der Waals surface area contributed by atoms with Gasteiger partial charge in [0.05, 0.1) is 12.8 Å². The monoisotopic (exact) mass is 300 g/mol. The molecule has 0 saturated heterocycles. The molecule has 0 saturated carbocycles. The Kier molecular flexibility index (Phi) is 7.70. The fourth-order valence-corrected chi connectivity index (χ4v) is 1.62. The molecule has 1 unspecified atom stereocenters. The van der Waals surface area contributed by atoms with Gasteiger partial charge in [0, 0.05) is 5.57 Å². The van der Waals surface area contributed by atoms with Crippen LogP contribution in [-0.2, 0) is 23.9 Å². The van der Waals surface area contributed by atoms with Crippen LogP contribution in [-0.4, -0.2) is 35.7 Å². The second-order valence-corrected chi connectivity index (χ2v) is 5.81. The number of ether oxygens (including phenoxy) is 2. The lowest BCUT2D eigenvalue weighted by Gasteiger charge is -2.23. The lowest BCUT2D eigenvalue weighted by molar-refractivity contribution is -0.159. The van der Waals surface area contributed by atoms with Crippen LogP contribution in [0.1, 0.15) is 47.0 Å². The topological polar surface area (TPSA) is 89.9 Å². The van der Waals surface area contributed by atoms with Crippen LogP contribution in [0, 0.1) is 5.41 Å². The van der Waals surface area contributed by atoms with Crippen molar-refractivity contribution in [2.24, 2.45) is 5.41 Å². The van der Waals surface area contributed by atoms with E-state index in [1.54, 1.807) is 20.8 Å². The third-order valence-electron chi connectivity index (χ3n) is 2.75. The van der Waals surface area contributed by atoms with Crippen LogP contribution in [0.3, 0.4) is 0 Å². The van der Waals surface area contributed by atoms with Gasteiger partial charge in [-0.3, -0.25) is 9.59 Å². The van der Waals surface area contributed by atoms with Crippen LogP contribution in [0.4, 0.5) is 0 Å². The number of carboxylic acids is 1. The van der Waals surface area contributed by atoms with Crippen molar-refractivity contribution in [1.82, 2.24) is 0 Å². The standard InChI is InChI=1S/C15H24O6/c1-6-11(9-20-14(19)10(2)3)21-13(18)8-15(4,5)7-12(16)17/h11H,2,6-9H2,1,3-5H3,(H,16,17). The summed E-state index contributed by atoms with van der Waals surface area (Å²) in [5.41, 5.74) is -0.408. The van der Waals surface area contributed by atoms with Crippen LogP contribution in [0.15, 0.2) is 12.2 Å². The zero-order chi connectivity index (χ0) is 16.6. The number of hydrogen-bond donors (Lipinski definition) is 1. The molecule has 6 heteroatoms. The molecule has 0 spiro atoms. The Morgan fingerprint density at radius 2 is 1.81 bits per heavy atom. The van der Waals surface area contributed by atoms with E-state index in [1.807, 2.05) is 0 Å². The van der Waals surface area contributed by atoms with E-state index in [1.165, 1.54) is 6.92 Å². The molecule has 21 heavy (non-hydrogen) atoms. The largest absolute Gasteiger partial charge is 0.481 e. The number of carboxylic acid groups (broad SMARTS) is 1. The van der Waals surface area contributed by atoms with Crippen LogP contribution < -0.4 is 0 Å². The molecular weight excluding hydrogens is 276 g/mol. The maximum absolute atomic E-state index is 11.8. The quantitative estimate of drug-likeness (QED) is 0.519. The Hall–Kier alpha value is -1.85. The van der Waals surface area contributed by atoms with Crippen molar-refractivity contribution in [1.29, 1.82) is 0 Å². The first-order valence-electron chi connectivity index (χ1n) is 6.81. The molecule has 0 fully saturated rings. The summed E-state index contributed by atoms with van der Waals surface area (Å²) in [5, 5.41) is 8.77. The normalized spacial score (nSPS) is 12.4. The molecule has 6 nitrogen and oxygen atoms in total. The van der Waals surface area contributed by atoms with Gasteiger partial charge in [-0.05, 0) is 18.8 Å². The summed E-state index contributed by atoms with van der Waals surface area (Å²) >= 11 is 0. The predicted molar refractivity (Wildman–Crippen MR) is 76.6 cm³/mol. The first kappa shape index (κ1) is 19.1. The molecule has 0 aromatic carbocycles. The molecule has 0 aliphatic carbocycles. The van der Waals surface area contributed by atoms with Crippen molar-refractivity contribution >= 4 is 17.9 Å². The van der Waals surface area contributed by atoms with Gasteiger partial charge in [-0.15, -0.1) is 0 Å². The molecular formula is C15H24O6. The molecule has 120 valence electrons. The number of rotatable bonds is 9. The van der Waals surface area contributed by atoms with Crippen molar-refractivity contribution < 1.29 is 29.0 Å². The van der Waals surface area contributed by atoms with Gasteiger partial charge >= 0.3 is 17.9 Å². The van der Waals surface area contributed by atoms with Gasteiger partial charge in [-0.1, -0.05) is 27.4 Å². The molecule has 0 rings (SSSR count). The van der Waals surface area contributed by atoms with Crippen LogP contribution in [0.5, 0.6) is 0 Å². The van der Waals surface area contributed by atoms with E-state index in [0.29, 0.717) is 6.42 Å². The zero-order valence-electron chi connectivity index (χ0n) is 13.1. The van der Waals surface area contributed by atoms with Gasteiger partial charge in [0.2, 0.25) is 0 Å². The van der Waals surface area contributed by atoms with E-state index in [2.05, 4.69) is 6.58 Å². The van der Waals surface area contributed by atoms with Gasteiger partial charge in [-0.25, -0.2) is 4.79 Å². The highest BCUT2D eigenvalue weighted by molar-refractivity contribution is 5.86. The Balaban J connectivity index is 4.35. The highest BCUT2D eigenvalue weighted by atomic mass is 16.6. The van der Waals surface area contributed by atoms with Gasteiger partial charge < -0.3 is 14.6 Å². The highest BCUT2D eigenvalue weighted by Crippen LogP contribution is 2.25. The van der Waals surface area contributed by atoms with E-state index in [0.717, 1.165) is 0 Å². The molecule has 0 aromatic heterocycles. The summed E-state index contributed by atoms with van der Waals surface area (Å²) in [7, 11) is 0. The Morgan fingerprint density at radius 1 is 1.24 bits per heavy atom. The second kappa shape index (κ2) is 8.44. The second-order valence-electron chi connectivity index (χ2n) is 5.81. The zero-order valence-corrected chi connectivity index (χ0v) is 13.1. The molecule has 0 aliphatic rings. The van der Waals surface area contributed by atoms with E-state index in [4.69, 9.17) is 14.6 Å². The summed E-state index contributed by atoms with van der Waals surface area (Å²) in [4.78, 5) is 33.8. The lowest BCUT2D eigenvalue weighted by atomic mass is 9.86. The number of carbonyl (C=O) groups excluding carboxylic acids is 2. The summed E-state index contributed by atoms with van der Waals surface area (Å²) < 4.78 is 10.2. The maximum atomic E-state index is 11.8. The minimum atomic E-state index is -0.963. The maximum Gasteiger partial charge on any atom is 0.333 e. The summed E-state index contributed by atoms with van der Waals surface area (Å²) in [5.74, 6) is -1.99. The minimum absolute atomic E-state index is 0.00969. The first-order chi connectivity index (χ1) is 9.57. The molecule has 1 N–H and O–H groups in total. The minimum Gasteiger partial charge on any atom is -0.481 e. The molecule has 0 radical (unpaired) electrons. The van der Waals surface area contributed by atoms with Crippen molar-refractivity contribution in [3.8, 4) is 0 Å². The van der Waals surface area contributed by atoms with Crippen molar-refractivity contribution in [2.45, 2.75) is 53.1 Å². The Labute approximate surface area is 125 Å². The smallest absolute Gasteiger partial charge is 0.333 e. The fraction of sp³-hybridized carbons (Fsp3) is 0.667. The van der Waals surface area contributed by atoms with E-state index >= 15 is 0 Å². The van der Waals surface area contributed by atoms with Crippen LogP contribution in [0.25, 0.3) is 0 Å².